The fourth-order valence-electron chi connectivity index (χ4n) is 1.52. The molecule has 0 unspecified atom stereocenters. The van der Waals surface area contributed by atoms with Crippen LogP contribution in [0.4, 0.5) is 4.39 Å². The molecule has 5 nitrogen and oxygen atoms in total. The van der Waals surface area contributed by atoms with Crippen LogP contribution in [0, 0.1) is 5.82 Å². The first-order valence-corrected chi connectivity index (χ1v) is 5.57. The van der Waals surface area contributed by atoms with E-state index in [-0.39, 0.29) is 12.4 Å². The summed E-state index contributed by atoms with van der Waals surface area (Å²) in [4.78, 5) is 6.08. The van der Waals surface area contributed by atoms with Gasteiger partial charge in [0.25, 0.3) is 5.89 Å². The highest BCUT2D eigenvalue weighted by atomic mass is 19.1. The third kappa shape index (κ3) is 3.12. The van der Waals surface area contributed by atoms with E-state index in [2.05, 4.69) is 10.1 Å². The minimum atomic E-state index is -0.304. The Kier molecular flexibility index (Phi) is 4.01. The predicted molar refractivity (Wildman–Crippen MR) is 63.1 cm³/mol. The number of hydrogen-bond acceptors (Lipinski definition) is 5. The van der Waals surface area contributed by atoms with Crippen LogP contribution < -0.4 is 0 Å². The number of halogens is 1. The fraction of sp³-hybridized carbons (Fsp3) is 0.333. The molecule has 0 aliphatic rings. The summed E-state index contributed by atoms with van der Waals surface area (Å²) in [5.74, 6) is 0.592. The summed E-state index contributed by atoms with van der Waals surface area (Å²) in [6.45, 7) is 1.12. The molecule has 0 bridgehead atoms. The Bertz CT molecular complexity index is 498. The second-order valence-corrected chi connectivity index (χ2v) is 3.98. The van der Waals surface area contributed by atoms with Crippen molar-refractivity contribution in [3.05, 3.63) is 35.9 Å². The lowest BCUT2D eigenvalue weighted by Crippen LogP contribution is -2.22. The molecule has 1 aromatic heterocycles. The molecule has 0 fully saturated rings. The molecule has 1 aromatic carbocycles. The highest BCUT2D eigenvalue weighted by Crippen LogP contribution is 2.17. The number of hydrogen-bond donors (Lipinski definition) is 1. The molecule has 0 radical (unpaired) electrons. The van der Waals surface area contributed by atoms with Crippen LogP contribution in [0.25, 0.3) is 11.5 Å². The maximum absolute atomic E-state index is 12.8. The first-order chi connectivity index (χ1) is 8.69. The fourth-order valence-corrected chi connectivity index (χ4v) is 1.52. The van der Waals surface area contributed by atoms with Gasteiger partial charge in [0.15, 0.2) is 5.82 Å². The van der Waals surface area contributed by atoms with Gasteiger partial charge in [-0.1, -0.05) is 5.16 Å². The third-order valence-electron chi connectivity index (χ3n) is 2.45. The number of rotatable bonds is 5. The van der Waals surface area contributed by atoms with Crippen molar-refractivity contribution in [2.75, 3.05) is 20.2 Å². The average Bonchev–Trinajstić information content (AvgIpc) is 2.78. The van der Waals surface area contributed by atoms with Crippen LogP contribution >= 0.6 is 0 Å². The Morgan fingerprint density at radius 1 is 1.33 bits per heavy atom. The van der Waals surface area contributed by atoms with E-state index in [1.807, 2.05) is 11.9 Å². The predicted octanol–water partition coefficient (Wildman–Crippen LogP) is 1.30. The van der Waals surface area contributed by atoms with Gasteiger partial charge in [0.1, 0.15) is 5.82 Å². The summed E-state index contributed by atoms with van der Waals surface area (Å²) in [6.07, 6.45) is 0. The van der Waals surface area contributed by atoms with Crippen LogP contribution in [0.1, 0.15) is 5.82 Å². The number of nitrogens with zero attached hydrogens (tertiary/aromatic N) is 3. The molecule has 0 spiro atoms. The molecular formula is C12H14FN3O2. The molecule has 0 atom stereocenters. The van der Waals surface area contributed by atoms with Gasteiger partial charge in [-0.2, -0.15) is 4.98 Å². The topological polar surface area (TPSA) is 62.4 Å². The van der Waals surface area contributed by atoms with Crippen molar-refractivity contribution >= 4 is 0 Å². The van der Waals surface area contributed by atoms with Crippen LogP contribution in [-0.2, 0) is 6.54 Å². The van der Waals surface area contributed by atoms with Gasteiger partial charge >= 0.3 is 0 Å². The standard InChI is InChI=1S/C12H14FN3O2/c1-16(6-7-17)8-11-14-12(18-15-11)9-2-4-10(13)5-3-9/h2-5,17H,6-8H2,1H3. The molecule has 0 amide bonds. The number of aromatic nitrogens is 2. The van der Waals surface area contributed by atoms with Crippen LogP contribution in [0.5, 0.6) is 0 Å². The normalized spacial score (nSPS) is 11.1. The van der Waals surface area contributed by atoms with Crippen molar-refractivity contribution in [2.45, 2.75) is 6.54 Å². The zero-order valence-corrected chi connectivity index (χ0v) is 10.0. The van der Waals surface area contributed by atoms with E-state index in [1.54, 1.807) is 12.1 Å². The molecular weight excluding hydrogens is 237 g/mol. The van der Waals surface area contributed by atoms with Gasteiger partial charge in [0.2, 0.25) is 0 Å². The Morgan fingerprint density at radius 2 is 2.06 bits per heavy atom. The summed E-state index contributed by atoms with van der Waals surface area (Å²) in [7, 11) is 1.85. The SMILES string of the molecule is CN(CCO)Cc1noc(-c2ccc(F)cc2)n1. The smallest absolute Gasteiger partial charge is 0.257 e. The van der Waals surface area contributed by atoms with Gasteiger partial charge in [0, 0.05) is 12.1 Å². The van der Waals surface area contributed by atoms with E-state index < -0.39 is 0 Å². The second kappa shape index (κ2) is 5.70. The monoisotopic (exact) mass is 251 g/mol. The molecule has 18 heavy (non-hydrogen) atoms. The molecule has 0 saturated carbocycles. The van der Waals surface area contributed by atoms with Crippen LogP contribution in [0.15, 0.2) is 28.8 Å². The quantitative estimate of drug-likeness (QED) is 0.867. The molecule has 96 valence electrons. The van der Waals surface area contributed by atoms with Gasteiger partial charge in [-0.25, -0.2) is 4.39 Å². The van der Waals surface area contributed by atoms with Crippen molar-refractivity contribution in [1.29, 1.82) is 0 Å². The first-order valence-electron chi connectivity index (χ1n) is 5.57. The molecule has 0 aliphatic carbocycles. The van der Waals surface area contributed by atoms with E-state index in [4.69, 9.17) is 9.63 Å². The van der Waals surface area contributed by atoms with Gasteiger partial charge in [-0.15, -0.1) is 0 Å². The van der Waals surface area contributed by atoms with Crippen LogP contribution in [0.3, 0.4) is 0 Å². The number of aliphatic hydroxyl groups excluding tert-OH is 1. The lowest BCUT2D eigenvalue weighted by atomic mass is 10.2. The van der Waals surface area contributed by atoms with Gasteiger partial charge in [-0.3, -0.25) is 4.90 Å². The molecule has 0 saturated heterocycles. The highest BCUT2D eigenvalue weighted by Gasteiger charge is 2.10. The molecule has 1 N–H and O–H groups in total. The lowest BCUT2D eigenvalue weighted by molar-refractivity contribution is 0.213. The average molecular weight is 251 g/mol. The summed E-state index contributed by atoms with van der Waals surface area (Å²) in [6, 6.07) is 5.86. The molecule has 6 heteroatoms. The van der Waals surface area contributed by atoms with Gasteiger partial charge in [-0.05, 0) is 31.3 Å². The minimum Gasteiger partial charge on any atom is -0.395 e. The maximum atomic E-state index is 12.8. The highest BCUT2D eigenvalue weighted by molar-refractivity contribution is 5.52. The summed E-state index contributed by atoms with van der Waals surface area (Å²) in [5.41, 5.74) is 0.681. The van der Waals surface area contributed by atoms with E-state index in [9.17, 15) is 4.39 Å². The van der Waals surface area contributed by atoms with Crippen molar-refractivity contribution in [2.24, 2.45) is 0 Å². The second-order valence-electron chi connectivity index (χ2n) is 3.98. The molecule has 2 rings (SSSR count). The van der Waals surface area contributed by atoms with E-state index in [1.165, 1.54) is 12.1 Å². The van der Waals surface area contributed by atoms with Gasteiger partial charge in [0.05, 0.1) is 13.2 Å². The number of likely N-dealkylation sites (N-methyl/N-ethyl adjacent to an activating group) is 1. The first kappa shape index (κ1) is 12.7. The largest absolute Gasteiger partial charge is 0.395 e. The maximum Gasteiger partial charge on any atom is 0.257 e. The van der Waals surface area contributed by atoms with E-state index in [0.29, 0.717) is 30.4 Å². The van der Waals surface area contributed by atoms with E-state index >= 15 is 0 Å². The zero-order chi connectivity index (χ0) is 13.0. The van der Waals surface area contributed by atoms with Gasteiger partial charge < -0.3 is 9.63 Å². The van der Waals surface area contributed by atoms with Crippen molar-refractivity contribution in [1.82, 2.24) is 15.0 Å². The molecule has 0 aliphatic heterocycles. The Labute approximate surface area is 104 Å². The Morgan fingerprint density at radius 3 is 2.72 bits per heavy atom. The summed E-state index contributed by atoms with van der Waals surface area (Å²) >= 11 is 0. The molecule has 2 aromatic rings. The van der Waals surface area contributed by atoms with Crippen LogP contribution in [-0.4, -0.2) is 40.3 Å². The zero-order valence-electron chi connectivity index (χ0n) is 10.0. The third-order valence-corrected chi connectivity index (χ3v) is 2.45. The summed E-state index contributed by atoms with van der Waals surface area (Å²) in [5, 5.41) is 12.6. The molecule has 1 heterocycles. The van der Waals surface area contributed by atoms with E-state index in [0.717, 1.165) is 0 Å². The van der Waals surface area contributed by atoms with Crippen molar-refractivity contribution in [3.63, 3.8) is 0 Å². The number of benzene rings is 1. The van der Waals surface area contributed by atoms with Crippen LogP contribution in [0.2, 0.25) is 0 Å². The summed E-state index contributed by atoms with van der Waals surface area (Å²) < 4.78 is 17.9. The Balaban J connectivity index is 2.08. The Hall–Kier alpha value is -1.79. The lowest BCUT2D eigenvalue weighted by Gasteiger charge is -2.11. The minimum absolute atomic E-state index is 0.0825. The van der Waals surface area contributed by atoms with Crippen molar-refractivity contribution in [3.8, 4) is 11.5 Å². The number of aliphatic hydroxyl groups is 1. The van der Waals surface area contributed by atoms with Crippen molar-refractivity contribution < 1.29 is 14.0 Å².